The summed E-state index contributed by atoms with van der Waals surface area (Å²) in [6.07, 6.45) is 4.22. The molecule has 1 heterocycles. The molecule has 1 amide bonds. The van der Waals surface area contributed by atoms with Gasteiger partial charge < -0.3 is 4.90 Å². The predicted molar refractivity (Wildman–Crippen MR) is 75.8 cm³/mol. The number of thiazole rings is 1. The summed E-state index contributed by atoms with van der Waals surface area (Å²) in [4.78, 5) is 18.6. The zero-order chi connectivity index (χ0) is 13.9. The Hall–Kier alpha value is -1.75. The van der Waals surface area contributed by atoms with Crippen molar-refractivity contribution in [3.63, 3.8) is 0 Å². The van der Waals surface area contributed by atoms with Gasteiger partial charge >= 0.3 is 0 Å². The van der Waals surface area contributed by atoms with Crippen molar-refractivity contribution in [2.45, 2.75) is 31.8 Å². The quantitative estimate of drug-likeness (QED) is 0.848. The van der Waals surface area contributed by atoms with E-state index in [1.807, 2.05) is 10.3 Å². The van der Waals surface area contributed by atoms with Crippen molar-refractivity contribution in [3.05, 3.63) is 52.2 Å². The average molecular weight is 290 g/mol. The summed E-state index contributed by atoms with van der Waals surface area (Å²) in [7, 11) is 0. The van der Waals surface area contributed by atoms with E-state index < -0.39 is 0 Å². The lowest BCUT2D eigenvalue weighted by Crippen LogP contribution is -2.33. The Morgan fingerprint density at radius 3 is 2.70 bits per heavy atom. The van der Waals surface area contributed by atoms with Crippen LogP contribution in [0.2, 0.25) is 0 Å². The Bertz CT molecular complexity index is 578. The van der Waals surface area contributed by atoms with Crippen molar-refractivity contribution < 1.29 is 9.18 Å². The van der Waals surface area contributed by atoms with Crippen LogP contribution in [0, 0.1) is 5.82 Å². The highest BCUT2D eigenvalue weighted by atomic mass is 32.1. The number of hydrogen-bond donors (Lipinski definition) is 0. The first-order valence-electron chi connectivity index (χ1n) is 6.64. The Morgan fingerprint density at radius 2 is 2.10 bits per heavy atom. The first kappa shape index (κ1) is 13.2. The zero-order valence-corrected chi connectivity index (χ0v) is 11.8. The molecule has 1 aliphatic rings. The number of rotatable bonds is 5. The van der Waals surface area contributed by atoms with E-state index in [0.717, 1.165) is 23.4 Å². The summed E-state index contributed by atoms with van der Waals surface area (Å²) in [5.74, 6) is -0.183. The van der Waals surface area contributed by atoms with Crippen LogP contribution in [0.3, 0.4) is 0 Å². The Kier molecular flexibility index (Phi) is 3.78. The molecule has 3 rings (SSSR count). The van der Waals surface area contributed by atoms with Crippen molar-refractivity contribution in [3.8, 4) is 0 Å². The molecule has 1 aromatic heterocycles. The highest BCUT2D eigenvalue weighted by Gasteiger charge is 2.32. The van der Waals surface area contributed by atoms with Gasteiger partial charge in [-0.1, -0.05) is 12.1 Å². The Balaban J connectivity index is 1.67. The van der Waals surface area contributed by atoms with Gasteiger partial charge in [0, 0.05) is 17.6 Å². The van der Waals surface area contributed by atoms with Crippen molar-refractivity contribution in [2.24, 2.45) is 0 Å². The van der Waals surface area contributed by atoms with Crippen molar-refractivity contribution in [1.82, 2.24) is 9.88 Å². The van der Waals surface area contributed by atoms with Gasteiger partial charge in [0.25, 0.3) is 0 Å². The second-order valence-corrected chi connectivity index (χ2v) is 5.96. The topological polar surface area (TPSA) is 33.2 Å². The molecule has 2 aromatic rings. The van der Waals surface area contributed by atoms with E-state index in [-0.39, 0.29) is 11.7 Å². The fraction of sp³-hybridized carbons (Fsp3) is 0.333. The predicted octanol–water partition coefficient (Wildman–Crippen LogP) is 3.02. The van der Waals surface area contributed by atoms with Gasteiger partial charge in [-0.15, -0.1) is 11.3 Å². The number of carbonyl (C=O) groups excluding carboxylic acids is 1. The van der Waals surface area contributed by atoms with E-state index in [1.54, 1.807) is 29.7 Å². The second-order valence-electron chi connectivity index (χ2n) is 4.98. The summed E-state index contributed by atoms with van der Waals surface area (Å²) in [6.45, 7) is 0.586. The summed E-state index contributed by atoms with van der Waals surface area (Å²) in [5, 5.41) is 2.88. The highest BCUT2D eigenvalue weighted by molar-refractivity contribution is 7.09. The summed E-state index contributed by atoms with van der Waals surface area (Å²) in [6, 6.07) is 6.48. The van der Waals surface area contributed by atoms with Crippen LogP contribution < -0.4 is 0 Å². The maximum absolute atomic E-state index is 12.9. The van der Waals surface area contributed by atoms with E-state index >= 15 is 0 Å². The molecule has 3 nitrogen and oxygen atoms in total. The van der Waals surface area contributed by atoms with E-state index in [0.29, 0.717) is 19.0 Å². The molecule has 0 saturated heterocycles. The lowest BCUT2D eigenvalue weighted by atomic mass is 10.1. The number of benzene rings is 1. The Labute approximate surface area is 121 Å². The molecule has 20 heavy (non-hydrogen) atoms. The standard InChI is InChI=1S/C15H15FN2OS/c16-12-3-1-11(2-4-12)9-15(19)18(13-5-6-13)10-14-17-7-8-20-14/h1-4,7-8,13H,5-6,9-10H2. The van der Waals surface area contributed by atoms with Gasteiger partial charge in [-0.3, -0.25) is 4.79 Å². The smallest absolute Gasteiger partial charge is 0.227 e. The SMILES string of the molecule is O=C(Cc1ccc(F)cc1)N(Cc1nccs1)C1CC1. The van der Waals surface area contributed by atoms with E-state index in [2.05, 4.69) is 4.98 Å². The lowest BCUT2D eigenvalue weighted by Gasteiger charge is -2.21. The number of amides is 1. The van der Waals surface area contributed by atoms with Gasteiger partial charge in [-0.2, -0.15) is 0 Å². The molecule has 0 bridgehead atoms. The molecule has 0 spiro atoms. The highest BCUT2D eigenvalue weighted by Crippen LogP contribution is 2.29. The number of aromatic nitrogens is 1. The van der Waals surface area contributed by atoms with Gasteiger partial charge in [0.2, 0.25) is 5.91 Å². The van der Waals surface area contributed by atoms with Crippen LogP contribution in [0.15, 0.2) is 35.8 Å². The molecule has 0 atom stereocenters. The molecule has 104 valence electrons. The normalized spacial score (nSPS) is 14.2. The molecule has 1 aromatic carbocycles. The number of carbonyl (C=O) groups is 1. The van der Waals surface area contributed by atoms with Crippen LogP contribution in [0.25, 0.3) is 0 Å². The molecule has 1 saturated carbocycles. The van der Waals surface area contributed by atoms with Crippen LogP contribution >= 0.6 is 11.3 Å². The van der Waals surface area contributed by atoms with Gasteiger partial charge in [0.15, 0.2) is 0 Å². The maximum atomic E-state index is 12.9. The van der Waals surface area contributed by atoms with Gasteiger partial charge in [0.1, 0.15) is 10.8 Å². The van der Waals surface area contributed by atoms with Crippen molar-refractivity contribution in [1.29, 1.82) is 0 Å². The van der Waals surface area contributed by atoms with Crippen LogP contribution in [0.1, 0.15) is 23.4 Å². The second kappa shape index (κ2) is 5.71. The molecule has 0 unspecified atom stereocenters. The first-order chi connectivity index (χ1) is 9.72. The van der Waals surface area contributed by atoms with Gasteiger partial charge in [0.05, 0.1) is 13.0 Å². The minimum absolute atomic E-state index is 0.0920. The third kappa shape index (κ3) is 3.22. The molecule has 1 aliphatic carbocycles. The molecule has 5 heteroatoms. The summed E-state index contributed by atoms with van der Waals surface area (Å²) in [5.41, 5.74) is 0.848. The van der Waals surface area contributed by atoms with Crippen molar-refractivity contribution >= 4 is 17.2 Å². The summed E-state index contributed by atoms with van der Waals surface area (Å²) >= 11 is 1.57. The third-order valence-electron chi connectivity index (χ3n) is 3.37. The van der Waals surface area contributed by atoms with E-state index in [1.165, 1.54) is 12.1 Å². The van der Waals surface area contributed by atoms with Crippen molar-refractivity contribution in [2.75, 3.05) is 0 Å². The fourth-order valence-electron chi connectivity index (χ4n) is 2.16. The molecular formula is C15H15FN2OS. The third-order valence-corrected chi connectivity index (χ3v) is 4.13. The van der Waals surface area contributed by atoms with E-state index in [9.17, 15) is 9.18 Å². The largest absolute Gasteiger partial charge is 0.333 e. The summed E-state index contributed by atoms with van der Waals surface area (Å²) < 4.78 is 12.9. The molecular weight excluding hydrogens is 275 g/mol. The van der Waals surface area contributed by atoms with Gasteiger partial charge in [-0.25, -0.2) is 9.37 Å². The van der Waals surface area contributed by atoms with Gasteiger partial charge in [-0.05, 0) is 30.5 Å². The Morgan fingerprint density at radius 1 is 1.35 bits per heavy atom. The minimum Gasteiger partial charge on any atom is -0.333 e. The number of halogens is 1. The van der Waals surface area contributed by atoms with Crippen LogP contribution in [-0.4, -0.2) is 21.8 Å². The monoisotopic (exact) mass is 290 g/mol. The fourth-order valence-corrected chi connectivity index (χ4v) is 2.78. The van der Waals surface area contributed by atoms with E-state index in [4.69, 9.17) is 0 Å². The zero-order valence-electron chi connectivity index (χ0n) is 11.0. The lowest BCUT2D eigenvalue weighted by molar-refractivity contribution is -0.131. The average Bonchev–Trinajstić information content (AvgIpc) is 3.15. The van der Waals surface area contributed by atoms with Crippen LogP contribution in [0.4, 0.5) is 4.39 Å². The minimum atomic E-state index is -0.275. The van der Waals surface area contributed by atoms with Crippen LogP contribution in [0.5, 0.6) is 0 Å². The maximum Gasteiger partial charge on any atom is 0.227 e. The molecule has 1 fully saturated rings. The number of hydrogen-bond acceptors (Lipinski definition) is 3. The number of nitrogens with zero attached hydrogens (tertiary/aromatic N) is 2. The molecule has 0 N–H and O–H groups in total. The molecule has 0 aliphatic heterocycles. The first-order valence-corrected chi connectivity index (χ1v) is 7.52. The van der Waals surface area contributed by atoms with Crippen LogP contribution in [-0.2, 0) is 17.8 Å². The molecule has 0 radical (unpaired) electrons.